The van der Waals surface area contributed by atoms with E-state index in [1.807, 2.05) is 0 Å². The number of carbonyl (C=O) groups is 1. The van der Waals surface area contributed by atoms with Gasteiger partial charge in [0.2, 0.25) is 11.9 Å². The Labute approximate surface area is 131 Å². The summed E-state index contributed by atoms with van der Waals surface area (Å²) >= 11 is 0. The SMILES string of the molecule is CCC(=O)Nc1cc(-c2ccco2)nn1-c1nc(C)cc(=O)[nH]1. The van der Waals surface area contributed by atoms with Crippen LogP contribution >= 0.6 is 0 Å². The Hall–Kier alpha value is -3.16. The zero-order chi connectivity index (χ0) is 16.4. The molecule has 0 aliphatic rings. The lowest BCUT2D eigenvalue weighted by Crippen LogP contribution is -2.18. The number of aryl methyl sites for hydroxylation is 1. The smallest absolute Gasteiger partial charge is 0.252 e. The van der Waals surface area contributed by atoms with Crippen molar-refractivity contribution in [1.29, 1.82) is 0 Å². The van der Waals surface area contributed by atoms with Gasteiger partial charge >= 0.3 is 0 Å². The Bertz CT molecular complexity index is 892. The van der Waals surface area contributed by atoms with Crippen LogP contribution < -0.4 is 10.9 Å². The molecule has 0 spiro atoms. The lowest BCUT2D eigenvalue weighted by Gasteiger charge is -2.07. The van der Waals surface area contributed by atoms with E-state index in [9.17, 15) is 9.59 Å². The molecule has 3 aromatic heterocycles. The van der Waals surface area contributed by atoms with E-state index in [2.05, 4.69) is 20.4 Å². The Balaban J connectivity index is 2.13. The van der Waals surface area contributed by atoms with Gasteiger partial charge in [-0.1, -0.05) is 6.92 Å². The van der Waals surface area contributed by atoms with Gasteiger partial charge in [0.15, 0.2) is 5.76 Å². The highest BCUT2D eigenvalue weighted by molar-refractivity contribution is 5.90. The van der Waals surface area contributed by atoms with Crippen molar-refractivity contribution in [2.45, 2.75) is 20.3 Å². The number of hydrogen-bond acceptors (Lipinski definition) is 5. The maximum Gasteiger partial charge on any atom is 0.252 e. The van der Waals surface area contributed by atoms with Crippen LogP contribution in [0.2, 0.25) is 0 Å². The third-order valence-electron chi connectivity index (χ3n) is 3.13. The summed E-state index contributed by atoms with van der Waals surface area (Å²) in [6.07, 6.45) is 1.85. The summed E-state index contributed by atoms with van der Waals surface area (Å²) in [7, 11) is 0. The van der Waals surface area contributed by atoms with Crippen molar-refractivity contribution in [3.63, 3.8) is 0 Å². The highest BCUT2D eigenvalue weighted by atomic mass is 16.3. The highest BCUT2D eigenvalue weighted by Crippen LogP contribution is 2.24. The van der Waals surface area contributed by atoms with Crippen molar-refractivity contribution in [2.24, 2.45) is 0 Å². The number of carbonyl (C=O) groups excluding carboxylic acids is 1. The van der Waals surface area contributed by atoms with Gasteiger partial charge in [0.25, 0.3) is 5.56 Å². The van der Waals surface area contributed by atoms with Crippen molar-refractivity contribution in [3.8, 4) is 17.4 Å². The van der Waals surface area contributed by atoms with Gasteiger partial charge in [-0.15, -0.1) is 0 Å². The van der Waals surface area contributed by atoms with Gasteiger partial charge in [-0.3, -0.25) is 14.6 Å². The zero-order valence-electron chi connectivity index (χ0n) is 12.7. The topological polar surface area (TPSA) is 106 Å². The number of amides is 1. The van der Waals surface area contributed by atoms with Crippen molar-refractivity contribution in [2.75, 3.05) is 5.32 Å². The number of hydrogen-bond donors (Lipinski definition) is 2. The molecule has 0 aliphatic carbocycles. The van der Waals surface area contributed by atoms with Crippen LogP contribution in [-0.2, 0) is 4.79 Å². The molecule has 3 aromatic rings. The normalized spacial score (nSPS) is 10.7. The molecule has 23 heavy (non-hydrogen) atoms. The largest absolute Gasteiger partial charge is 0.463 e. The number of aromatic amines is 1. The van der Waals surface area contributed by atoms with Crippen molar-refractivity contribution in [3.05, 3.63) is 46.6 Å². The summed E-state index contributed by atoms with van der Waals surface area (Å²) in [5.41, 5.74) is 0.771. The molecule has 0 aliphatic heterocycles. The van der Waals surface area contributed by atoms with Gasteiger partial charge < -0.3 is 9.73 Å². The third-order valence-corrected chi connectivity index (χ3v) is 3.13. The molecule has 0 bridgehead atoms. The molecule has 118 valence electrons. The summed E-state index contributed by atoms with van der Waals surface area (Å²) in [4.78, 5) is 30.3. The van der Waals surface area contributed by atoms with E-state index >= 15 is 0 Å². The number of aromatic nitrogens is 4. The predicted octanol–water partition coefficient (Wildman–Crippen LogP) is 1.87. The zero-order valence-corrected chi connectivity index (χ0v) is 12.7. The maximum atomic E-state index is 11.7. The van der Waals surface area contributed by atoms with Gasteiger partial charge in [0.05, 0.1) is 6.26 Å². The first-order chi connectivity index (χ1) is 11.1. The highest BCUT2D eigenvalue weighted by Gasteiger charge is 2.16. The minimum Gasteiger partial charge on any atom is -0.463 e. The Morgan fingerprint density at radius 2 is 2.26 bits per heavy atom. The molecule has 3 heterocycles. The first-order valence-corrected chi connectivity index (χ1v) is 7.09. The first-order valence-electron chi connectivity index (χ1n) is 7.09. The second kappa shape index (κ2) is 5.91. The fourth-order valence-electron chi connectivity index (χ4n) is 2.07. The number of nitrogens with one attached hydrogen (secondary N) is 2. The molecule has 2 N–H and O–H groups in total. The van der Waals surface area contributed by atoms with Gasteiger partial charge in [-0.05, 0) is 19.1 Å². The number of rotatable bonds is 4. The Kier molecular flexibility index (Phi) is 3.80. The molecule has 0 aromatic carbocycles. The molecule has 0 saturated heterocycles. The van der Waals surface area contributed by atoms with Crippen LogP contribution in [0.15, 0.2) is 39.7 Å². The standard InChI is InChI=1S/C15H15N5O3/c1-3-13(21)17-12-8-10(11-5-4-6-23-11)19-20(12)15-16-9(2)7-14(22)18-15/h4-8H,3H2,1-2H3,(H,17,21)(H,16,18,22). The van der Waals surface area contributed by atoms with E-state index in [1.54, 1.807) is 32.0 Å². The molecule has 0 unspecified atom stereocenters. The maximum absolute atomic E-state index is 11.7. The van der Waals surface area contributed by atoms with E-state index in [1.165, 1.54) is 17.0 Å². The number of H-pyrrole nitrogens is 1. The van der Waals surface area contributed by atoms with Crippen molar-refractivity contribution >= 4 is 11.7 Å². The van der Waals surface area contributed by atoms with Crippen molar-refractivity contribution < 1.29 is 9.21 Å². The third kappa shape index (κ3) is 3.05. The summed E-state index contributed by atoms with van der Waals surface area (Å²) in [6, 6.07) is 6.54. The van der Waals surface area contributed by atoms with Gasteiger partial charge in [-0.2, -0.15) is 9.78 Å². The summed E-state index contributed by atoms with van der Waals surface area (Å²) in [5.74, 6) is 0.995. The van der Waals surface area contributed by atoms with Crippen molar-refractivity contribution in [1.82, 2.24) is 19.7 Å². The summed E-state index contributed by atoms with van der Waals surface area (Å²) in [5, 5.41) is 7.11. The van der Waals surface area contributed by atoms with Crippen LogP contribution in [0.5, 0.6) is 0 Å². The fraction of sp³-hybridized carbons (Fsp3) is 0.200. The van der Waals surface area contributed by atoms with E-state index < -0.39 is 0 Å². The van der Waals surface area contributed by atoms with Crippen LogP contribution in [0, 0.1) is 6.92 Å². The van der Waals surface area contributed by atoms with Crippen LogP contribution in [0.25, 0.3) is 17.4 Å². The van der Waals surface area contributed by atoms with Crippen LogP contribution in [0.4, 0.5) is 5.82 Å². The molecule has 8 heteroatoms. The molecule has 0 radical (unpaired) electrons. The second-order valence-corrected chi connectivity index (χ2v) is 4.92. The number of furan rings is 1. The Morgan fingerprint density at radius 3 is 2.91 bits per heavy atom. The van der Waals surface area contributed by atoms with E-state index in [-0.39, 0.29) is 17.4 Å². The van der Waals surface area contributed by atoms with E-state index in [0.29, 0.717) is 29.4 Å². The lowest BCUT2D eigenvalue weighted by molar-refractivity contribution is -0.115. The van der Waals surface area contributed by atoms with Crippen LogP contribution in [-0.4, -0.2) is 25.7 Å². The monoisotopic (exact) mass is 313 g/mol. The Morgan fingerprint density at radius 1 is 1.43 bits per heavy atom. The fourth-order valence-corrected chi connectivity index (χ4v) is 2.07. The van der Waals surface area contributed by atoms with Gasteiger partial charge in [-0.25, -0.2) is 4.98 Å². The van der Waals surface area contributed by atoms with E-state index in [0.717, 1.165) is 0 Å². The van der Waals surface area contributed by atoms with Gasteiger partial charge in [0.1, 0.15) is 11.5 Å². The first kappa shape index (κ1) is 14.8. The molecule has 1 amide bonds. The lowest BCUT2D eigenvalue weighted by atomic mass is 10.3. The average Bonchev–Trinajstić information content (AvgIpc) is 3.14. The summed E-state index contributed by atoms with van der Waals surface area (Å²) < 4.78 is 6.70. The number of nitrogens with zero attached hydrogens (tertiary/aromatic N) is 3. The van der Waals surface area contributed by atoms with Crippen LogP contribution in [0.1, 0.15) is 19.0 Å². The second-order valence-electron chi connectivity index (χ2n) is 4.92. The molecule has 3 rings (SSSR count). The molecular weight excluding hydrogens is 298 g/mol. The van der Waals surface area contributed by atoms with Crippen LogP contribution in [0.3, 0.4) is 0 Å². The minimum absolute atomic E-state index is 0.174. The molecule has 0 saturated carbocycles. The molecule has 8 nitrogen and oxygen atoms in total. The number of anilines is 1. The average molecular weight is 313 g/mol. The quantitative estimate of drug-likeness (QED) is 0.765. The molecular formula is C15H15N5O3. The molecule has 0 fully saturated rings. The predicted molar refractivity (Wildman–Crippen MR) is 83.3 cm³/mol. The summed E-state index contributed by atoms with van der Waals surface area (Å²) in [6.45, 7) is 3.45. The van der Waals surface area contributed by atoms with E-state index in [4.69, 9.17) is 4.42 Å². The van der Waals surface area contributed by atoms with Gasteiger partial charge in [0, 0.05) is 24.2 Å². The minimum atomic E-state index is -0.296. The molecule has 0 atom stereocenters.